The number of nitrogens with zero attached hydrogens (tertiary/aromatic N) is 1. The van der Waals surface area contributed by atoms with Gasteiger partial charge in [0.1, 0.15) is 0 Å². The van der Waals surface area contributed by atoms with Crippen LogP contribution in [0.15, 0.2) is 0 Å². The highest BCUT2D eigenvalue weighted by molar-refractivity contribution is 5.69. The topological polar surface area (TPSA) is 49.8 Å². The fourth-order valence-electron chi connectivity index (χ4n) is 3.71. The van der Waals surface area contributed by atoms with E-state index in [-0.39, 0.29) is 6.54 Å². The summed E-state index contributed by atoms with van der Waals surface area (Å²) in [6.45, 7) is 2.80. The number of likely N-dealkylation sites (tertiary alicyclic amines) is 1. The van der Waals surface area contributed by atoms with Gasteiger partial charge in [-0.2, -0.15) is 0 Å². The smallest absolute Gasteiger partial charge is 0.317 e. The Labute approximate surface area is 103 Å². The van der Waals surface area contributed by atoms with Crippen molar-refractivity contribution >= 4 is 5.97 Å². The minimum Gasteiger partial charge on any atom is -0.480 e. The van der Waals surface area contributed by atoms with Gasteiger partial charge in [0.25, 0.3) is 0 Å². The third-order valence-corrected chi connectivity index (χ3v) is 4.46. The van der Waals surface area contributed by atoms with Crippen LogP contribution < -0.4 is 0 Å². The highest BCUT2D eigenvalue weighted by atomic mass is 16.5. The summed E-state index contributed by atoms with van der Waals surface area (Å²) in [7, 11) is 1.75. The monoisotopic (exact) mass is 241 g/mol. The number of carboxylic acids is 1. The Bertz CT molecular complexity index is 274. The highest BCUT2D eigenvalue weighted by Gasteiger charge is 2.46. The van der Waals surface area contributed by atoms with Crippen LogP contribution in [-0.4, -0.2) is 49.3 Å². The summed E-state index contributed by atoms with van der Waals surface area (Å²) in [6.07, 6.45) is 6.41. The van der Waals surface area contributed by atoms with Crippen LogP contribution >= 0.6 is 0 Å². The number of aliphatic carboxylic acids is 1. The molecule has 2 fully saturated rings. The number of hydrogen-bond acceptors (Lipinski definition) is 3. The van der Waals surface area contributed by atoms with E-state index in [1.165, 1.54) is 32.1 Å². The molecule has 4 nitrogen and oxygen atoms in total. The van der Waals surface area contributed by atoms with E-state index in [1.54, 1.807) is 7.11 Å². The maximum absolute atomic E-state index is 10.8. The molecule has 4 heteroatoms. The van der Waals surface area contributed by atoms with E-state index in [4.69, 9.17) is 9.84 Å². The maximum atomic E-state index is 10.8. The molecule has 2 rings (SSSR count). The average molecular weight is 241 g/mol. The van der Waals surface area contributed by atoms with Crippen LogP contribution in [0.3, 0.4) is 0 Å². The minimum atomic E-state index is -0.714. The van der Waals surface area contributed by atoms with Crippen molar-refractivity contribution in [2.24, 2.45) is 11.3 Å². The molecular formula is C13H23NO3. The molecule has 98 valence electrons. The first-order valence-corrected chi connectivity index (χ1v) is 6.59. The lowest BCUT2D eigenvalue weighted by atomic mass is 9.68. The zero-order valence-electron chi connectivity index (χ0n) is 10.7. The summed E-state index contributed by atoms with van der Waals surface area (Å²) in [5, 5.41) is 8.90. The molecule has 1 aliphatic carbocycles. The maximum Gasteiger partial charge on any atom is 0.317 e. The van der Waals surface area contributed by atoms with Crippen molar-refractivity contribution in [3.63, 3.8) is 0 Å². The Kier molecular flexibility index (Phi) is 4.05. The normalized spacial score (nSPS) is 28.6. The molecule has 0 aromatic heterocycles. The van der Waals surface area contributed by atoms with Gasteiger partial charge in [-0.05, 0) is 18.3 Å². The SMILES string of the molecule is COCC1CN(CC(=O)O)CC12CCCCC2. The van der Waals surface area contributed by atoms with Crippen LogP contribution in [-0.2, 0) is 9.53 Å². The lowest BCUT2D eigenvalue weighted by molar-refractivity contribution is -0.138. The molecule has 0 bridgehead atoms. The van der Waals surface area contributed by atoms with Crippen molar-refractivity contribution in [1.29, 1.82) is 0 Å². The molecule has 1 heterocycles. The van der Waals surface area contributed by atoms with E-state index >= 15 is 0 Å². The van der Waals surface area contributed by atoms with Crippen molar-refractivity contribution in [3.8, 4) is 0 Å². The van der Waals surface area contributed by atoms with E-state index in [9.17, 15) is 4.79 Å². The van der Waals surface area contributed by atoms with Crippen molar-refractivity contribution in [2.45, 2.75) is 32.1 Å². The second kappa shape index (κ2) is 5.36. The van der Waals surface area contributed by atoms with E-state index in [0.29, 0.717) is 11.3 Å². The number of ether oxygens (including phenoxy) is 1. The molecular weight excluding hydrogens is 218 g/mol. The van der Waals surface area contributed by atoms with Crippen molar-refractivity contribution in [2.75, 3.05) is 33.4 Å². The van der Waals surface area contributed by atoms with Crippen molar-refractivity contribution < 1.29 is 14.6 Å². The summed E-state index contributed by atoms with van der Waals surface area (Å²) < 4.78 is 5.33. The largest absolute Gasteiger partial charge is 0.480 e. The third-order valence-electron chi connectivity index (χ3n) is 4.46. The second-order valence-electron chi connectivity index (χ2n) is 5.64. The number of hydrogen-bond donors (Lipinski definition) is 1. The molecule has 0 aromatic carbocycles. The predicted octanol–water partition coefficient (Wildman–Crippen LogP) is 1.60. The lowest BCUT2D eigenvalue weighted by Crippen LogP contribution is -2.35. The van der Waals surface area contributed by atoms with Gasteiger partial charge in [-0.25, -0.2) is 0 Å². The quantitative estimate of drug-likeness (QED) is 0.812. The van der Waals surface area contributed by atoms with Crippen molar-refractivity contribution in [1.82, 2.24) is 4.90 Å². The first-order chi connectivity index (χ1) is 8.16. The number of methoxy groups -OCH3 is 1. The first kappa shape index (κ1) is 12.8. The molecule has 1 atom stereocenters. The third kappa shape index (κ3) is 2.80. The molecule has 0 aromatic rings. The van der Waals surface area contributed by atoms with Gasteiger partial charge < -0.3 is 9.84 Å². The van der Waals surface area contributed by atoms with Gasteiger partial charge in [-0.15, -0.1) is 0 Å². The van der Waals surface area contributed by atoms with Crippen LogP contribution in [0.25, 0.3) is 0 Å². The van der Waals surface area contributed by atoms with Crippen molar-refractivity contribution in [3.05, 3.63) is 0 Å². The molecule has 1 spiro atoms. The number of carboxylic acid groups (broad SMARTS) is 1. The zero-order chi connectivity index (χ0) is 12.3. The fourth-order valence-corrected chi connectivity index (χ4v) is 3.71. The molecule has 17 heavy (non-hydrogen) atoms. The zero-order valence-corrected chi connectivity index (χ0v) is 10.7. The predicted molar refractivity (Wildman–Crippen MR) is 65.0 cm³/mol. The Morgan fingerprint density at radius 1 is 1.41 bits per heavy atom. The number of rotatable bonds is 4. The van der Waals surface area contributed by atoms with Crippen LogP contribution in [0.4, 0.5) is 0 Å². The Morgan fingerprint density at radius 2 is 2.12 bits per heavy atom. The van der Waals surface area contributed by atoms with Crippen LogP contribution in [0.2, 0.25) is 0 Å². The van der Waals surface area contributed by atoms with Gasteiger partial charge in [0.2, 0.25) is 0 Å². The Hall–Kier alpha value is -0.610. The van der Waals surface area contributed by atoms with Crippen LogP contribution in [0, 0.1) is 11.3 Å². The lowest BCUT2D eigenvalue weighted by Gasteiger charge is -2.38. The molecule has 1 saturated carbocycles. The standard InChI is InChI=1S/C13H23NO3/c1-17-9-11-7-14(8-12(15)16)10-13(11)5-3-2-4-6-13/h11H,2-10H2,1H3,(H,15,16). The van der Waals surface area contributed by atoms with E-state index in [0.717, 1.165) is 19.7 Å². The highest BCUT2D eigenvalue weighted by Crippen LogP contribution is 2.47. The summed E-state index contributed by atoms with van der Waals surface area (Å²) in [5.41, 5.74) is 0.337. The Balaban J connectivity index is 2.03. The molecule has 1 unspecified atom stereocenters. The molecule has 1 aliphatic heterocycles. The summed E-state index contributed by atoms with van der Waals surface area (Å²) in [5.74, 6) is -0.193. The summed E-state index contributed by atoms with van der Waals surface area (Å²) in [4.78, 5) is 12.9. The van der Waals surface area contributed by atoms with Gasteiger partial charge in [0.15, 0.2) is 0 Å². The van der Waals surface area contributed by atoms with Gasteiger partial charge >= 0.3 is 5.97 Å². The molecule has 1 saturated heterocycles. The minimum absolute atomic E-state index is 0.183. The molecule has 1 N–H and O–H groups in total. The van der Waals surface area contributed by atoms with Gasteiger partial charge in [-0.3, -0.25) is 9.69 Å². The van der Waals surface area contributed by atoms with Gasteiger partial charge in [0.05, 0.1) is 13.2 Å². The van der Waals surface area contributed by atoms with Gasteiger partial charge in [-0.1, -0.05) is 19.3 Å². The van der Waals surface area contributed by atoms with E-state index < -0.39 is 5.97 Å². The second-order valence-corrected chi connectivity index (χ2v) is 5.64. The average Bonchev–Trinajstić information content (AvgIpc) is 2.57. The van der Waals surface area contributed by atoms with Crippen LogP contribution in [0.5, 0.6) is 0 Å². The van der Waals surface area contributed by atoms with E-state index in [2.05, 4.69) is 4.90 Å². The van der Waals surface area contributed by atoms with E-state index in [1.807, 2.05) is 0 Å². The Morgan fingerprint density at radius 3 is 2.71 bits per heavy atom. The first-order valence-electron chi connectivity index (χ1n) is 6.59. The number of carbonyl (C=O) groups is 1. The molecule has 0 radical (unpaired) electrons. The fraction of sp³-hybridized carbons (Fsp3) is 0.923. The molecule has 2 aliphatic rings. The summed E-state index contributed by atoms with van der Waals surface area (Å²) >= 11 is 0. The van der Waals surface area contributed by atoms with Gasteiger partial charge in [0, 0.05) is 26.1 Å². The molecule has 0 amide bonds. The van der Waals surface area contributed by atoms with Crippen LogP contribution in [0.1, 0.15) is 32.1 Å². The summed E-state index contributed by atoms with van der Waals surface area (Å²) in [6, 6.07) is 0.